The molecule has 2 heterocycles. The number of aliphatic hydroxyl groups is 1. The molecule has 0 aromatic carbocycles. The van der Waals surface area contributed by atoms with Gasteiger partial charge in [-0.25, -0.2) is 0 Å². The van der Waals surface area contributed by atoms with E-state index in [1.165, 1.54) is 0 Å². The lowest BCUT2D eigenvalue weighted by atomic mass is 10.0. The van der Waals surface area contributed by atoms with E-state index in [4.69, 9.17) is 0 Å². The molecule has 1 atom stereocenters. The Morgan fingerprint density at radius 3 is 2.67 bits per heavy atom. The van der Waals surface area contributed by atoms with Crippen LogP contribution in [0.15, 0.2) is 0 Å². The van der Waals surface area contributed by atoms with Gasteiger partial charge < -0.3 is 10.0 Å². The molecule has 86 valence electrons. The predicted molar refractivity (Wildman–Crippen MR) is 61.9 cm³/mol. The van der Waals surface area contributed by atoms with Crippen molar-refractivity contribution >= 4 is 17.7 Å². The molecule has 0 aliphatic carbocycles. The SMILES string of the molecule is CC1(C(=O)N2CCC(O)CC2)CCCS1. The molecule has 2 aliphatic heterocycles. The van der Waals surface area contributed by atoms with Crippen molar-refractivity contribution < 1.29 is 9.90 Å². The van der Waals surface area contributed by atoms with E-state index in [1.807, 2.05) is 4.90 Å². The molecule has 0 aromatic heterocycles. The molecule has 1 amide bonds. The molecule has 0 radical (unpaired) electrons. The third-order valence-electron chi connectivity index (χ3n) is 3.42. The number of rotatable bonds is 1. The number of nitrogens with zero attached hydrogens (tertiary/aromatic N) is 1. The van der Waals surface area contributed by atoms with Crippen LogP contribution in [0.1, 0.15) is 32.6 Å². The molecule has 1 unspecified atom stereocenters. The standard InChI is InChI=1S/C11H19NO2S/c1-11(5-2-8-15-11)10(14)12-6-3-9(13)4-7-12/h9,13H,2-8H2,1H3. The van der Waals surface area contributed by atoms with Gasteiger partial charge in [-0.2, -0.15) is 0 Å². The number of piperidine rings is 1. The van der Waals surface area contributed by atoms with Gasteiger partial charge in [0.1, 0.15) is 0 Å². The van der Waals surface area contributed by atoms with Gasteiger partial charge in [-0.05, 0) is 38.4 Å². The van der Waals surface area contributed by atoms with Crippen LogP contribution in [-0.2, 0) is 4.79 Å². The predicted octanol–water partition coefficient (Wildman–Crippen LogP) is 1.26. The fourth-order valence-corrected chi connectivity index (χ4v) is 3.63. The second kappa shape index (κ2) is 4.34. The van der Waals surface area contributed by atoms with Crippen LogP contribution in [0, 0.1) is 0 Å². The first kappa shape index (κ1) is 11.3. The number of amides is 1. The van der Waals surface area contributed by atoms with E-state index in [2.05, 4.69) is 6.92 Å². The van der Waals surface area contributed by atoms with Crippen molar-refractivity contribution in [1.82, 2.24) is 4.90 Å². The van der Waals surface area contributed by atoms with Gasteiger partial charge in [-0.3, -0.25) is 4.79 Å². The highest BCUT2D eigenvalue weighted by Gasteiger charge is 2.40. The second-order valence-corrected chi connectivity index (χ2v) is 6.30. The normalized spacial score (nSPS) is 33.3. The first-order valence-electron chi connectivity index (χ1n) is 5.73. The number of thioether (sulfide) groups is 1. The average Bonchev–Trinajstić information content (AvgIpc) is 2.67. The lowest BCUT2D eigenvalue weighted by Crippen LogP contribution is -2.48. The summed E-state index contributed by atoms with van der Waals surface area (Å²) in [5, 5.41) is 9.40. The number of likely N-dealkylation sites (tertiary alicyclic amines) is 1. The summed E-state index contributed by atoms with van der Waals surface area (Å²) in [6.45, 7) is 3.53. The van der Waals surface area contributed by atoms with Crippen LogP contribution in [-0.4, -0.2) is 45.6 Å². The molecule has 0 aromatic rings. The third-order valence-corrected chi connectivity index (χ3v) is 4.93. The van der Waals surface area contributed by atoms with Crippen LogP contribution in [0.5, 0.6) is 0 Å². The zero-order chi connectivity index (χ0) is 10.9. The van der Waals surface area contributed by atoms with Crippen LogP contribution in [0.3, 0.4) is 0 Å². The molecule has 1 N–H and O–H groups in total. The van der Waals surface area contributed by atoms with Crippen molar-refractivity contribution in [3.8, 4) is 0 Å². The topological polar surface area (TPSA) is 40.5 Å². The minimum Gasteiger partial charge on any atom is -0.393 e. The lowest BCUT2D eigenvalue weighted by molar-refractivity contribution is -0.135. The van der Waals surface area contributed by atoms with Crippen molar-refractivity contribution in [2.24, 2.45) is 0 Å². The summed E-state index contributed by atoms with van der Waals surface area (Å²) in [5.41, 5.74) is 0. The van der Waals surface area contributed by atoms with E-state index in [-0.39, 0.29) is 16.8 Å². The van der Waals surface area contributed by atoms with E-state index in [1.54, 1.807) is 11.8 Å². The summed E-state index contributed by atoms with van der Waals surface area (Å²) < 4.78 is -0.178. The van der Waals surface area contributed by atoms with Gasteiger partial charge >= 0.3 is 0 Å². The Bertz CT molecular complexity index is 243. The van der Waals surface area contributed by atoms with E-state index in [9.17, 15) is 9.90 Å². The molecule has 0 saturated carbocycles. The van der Waals surface area contributed by atoms with E-state index >= 15 is 0 Å². The molecule has 0 bridgehead atoms. The smallest absolute Gasteiger partial charge is 0.238 e. The Kier molecular flexibility index (Phi) is 3.26. The summed E-state index contributed by atoms with van der Waals surface area (Å²) in [6, 6.07) is 0. The summed E-state index contributed by atoms with van der Waals surface area (Å²) >= 11 is 1.79. The molecule has 2 saturated heterocycles. The summed E-state index contributed by atoms with van der Waals surface area (Å²) in [4.78, 5) is 14.2. The lowest BCUT2D eigenvalue weighted by Gasteiger charge is -2.35. The second-order valence-electron chi connectivity index (χ2n) is 4.71. The zero-order valence-corrected chi connectivity index (χ0v) is 10.1. The molecular weight excluding hydrogens is 210 g/mol. The monoisotopic (exact) mass is 229 g/mol. The Hall–Kier alpha value is -0.220. The van der Waals surface area contributed by atoms with E-state index < -0.39 is 0 Å². The van der Waals surface area contributed by atoms with Crippen LogP contribution >= 0.6 is 11.8 Å². The van der Waals surface area contributed by atoms with Crippen molar-refractivity contribution in [2.75, 3.05) is 18.8 Å². The highest BCUT2D eigenvalue weighted by atomic mass is 32.2. The number of carbonyl (C=O) groups is 1. The fraction of sp³-hybridized carbons (Fsp3) is 0.909. The minimum absolute atomic E-state index is 0.178. The number of hydrogen-bond donors (Lipinski definition) is 1. The summed E-state index contributed by atoms with van der Waals surface area (Å²) in [6.07, 6.45) is 3.45. The molecule has 15 heavy (non-hydrogen) atoms. The van der Waals surface area contributed by atoms with Crippen LogP contribution in [0.2, 0.25) is 0 Å². The Morgan fingerprint density at radius 2 is 2.13 bits per heavy atom. The van der Waals surface area contributed by atoms with Crippen LogP contribution < -0.4 is 0 Å². The summed E-state index contributed by atoms with van der Waals surface area (Å²) in [7, 11) is 0. The summed E-state index contributed by atoms with van der Waals surface area (Å²) in [5.74, 6) is 1.40. The third kappa shape index (κ3) is 2.31. The number of hydrogen-bond acceptors (Lipinski definition) is 3. The zero-order valence-electron chi connectivity index (χ0n) is 9.24. The van der Waals surface area contributed by atoms with Gasteiger partial charge in [0.2, 0.25) is 5.91 Å². The minimum atomic E-state index is -0.196. The molecule has 4 heteroatoms. The van der Waals surface area contributed by atoms with Crippen molar-refractivity contribution in [1.29, 1.82) is 0 Å². The maximum Gasteiger partial charge on any atom is 0.238 e. The Labute approximate surface area is 95.2 Å². The van der Waals surface area contributed by atoms with E-state index in [0.29, 0.717) is 0 Å². The highest BCUT2D eigenvalue weighted by Crippen LogP contribution is 2.39. The highest BCUT2D eigenvalue weighted by molar-refractivity contribution is 8.01. The Balaban J connectivity index is 1.95. The van der Waals surface area contributed by atoms with Gasteiger partial charge in [0.25, 0.3) is 0 Å². The van der Waals surface area contributed by atoms with Crippen molar-refractivity contribution in [3.05, 3.63) is 0 Å². The maximum absolute atomic E-state index is 12.3. The van der Waals surface area contributed by atoms with Gasteiger partial charge in [0, 0.05) is 13.1 Å². The first-order chi connectivity index (χ1) is 7.12. The largest absolute Gasteiger partial charge is 0.393 e. The number of carbonyl (C=O) groups excluding carboxylic acids is 1. The molecule has 2 aliphatic rings. The van der Waals surface area contributed by atoms with Gasteiger partial charge in [-0.15, -0.1) is 11.8 Å². The van der Waals surface area contributed by atoms with Gasteiger partial charge in [0.15, 0.2) is 0 Å². The molecule has 0 spiro atoms. The maximum atomic E-state index is 12.3. The number of aliphatic hydroxyl groups excluding tert-OH is 1. The Morgan fingerprint density at radius 1 is 1.47 bits per heavy atom. The molecule has 3 nitrogen and oxygen atoms in total. The quantitative estimate of drug-likeness (QED) is 0.736. The van der Waals surface area contributed by atoms with Crippen LogP contribution in [0.4, 0.5) is 0 Å². The van der Waals surface area contributed by atoms with Crippen LogP contribution in [0.25, 0.3) is 0 Å². The van der Waals surface area contributed by atoms with Crippen molar-refractivity contribution in [3.63, 3.8) is 0 Å². The average molecular weight is 229 g/mol. The first-order valence-corrected chi connectivity index (χ1v) is 6.72. The fourth-order valence-electron chi connectivity index (χ4n) is 2.35. The molecule has 2 fully saturated rings. The molecule has 2 rings (SSSR count). The van der Waals surface area contributed by atoms with Gasteiger partial charge in [0.05, 0.1) is 10.9 Å². The molecular formula is C11H19NO2S. The van der Waals surface area contributed by atoms with Gasteiger partial charge in [-0.1, -0.05) is 0 Å². The van der Waals surface area contributed by atoms with Crippen molar-refractivity contribution in [2.45, 2.75) is 43.5 Å². The van der Waals surface area contributed by atoms with E-state index in [0.717, 1.165) is 44.5 Å².